The van der Waals surface area contributed by atoms with Crippen LogP contribution < -0.4 is 9.64 Å². The van der Waals surface area contributed by atoms with Gasteiger partial charge in [-0.15, -0.1) is 0 Å². The molecule has 0 spiro atoms. The van der Waals surface area contributed by atoms with Crippen LogP contribution in [0.4, 0.5) is 0 Å². The zero-order valence-electron chi connectivity index (χ0n) is 19.5. The predicted molar refractivity (Wildman–Crippen MR) is 124 cm³/mol. The van der Waals surface area contributed by atoms with E-state index in [-0.39, 0.29) is 5.60 Å². The maximum Gasteiger partial charge on any atom is 0.118 e. The summed E-state index contributed by atoms with van der Waals surface area (Å²) in [5, 5.41) is 0. The minimum absolute atomic E-state index is 0.0407. The first-order valence-corrected chi connectivity index (χ1v) is 11.5. The highest BCUT2D eigenvalue weighted by Gasteiger charge is 2.41. The molecule has 0 saturated carbocycles. The summed E-state index contributed by atoms with van der Waals surface area (Å²) in [6.07, 6.45) is 4.66. The number of nitrogens with one attached hydrogen (secondary N) is 1. The van der Waals surface area contributed by atoms with Gasteiger partial charge in [0.15, 0.2) is 0 Å². The van der Waals surface area contributed by atoms with Gasteiger partial charge in [-0.3, -0.25) is 0 Å². The van der Waals surface area contributed by atoms with Gasteiger partial charge in [0.25, 0.3) is 0 Å². The summed E-state index contributed by atoms with van der Waals surface area (Å²) in [4.78, 5) is 1.65. The molecule has 0 aliphatic carbocycles. The van der Waals surface area contributed by atoms with E-state index in [2.05, 4.69) is 82.3 Å². The number of ether oxygens (including phenoxy) is 2. The molecular weight excluding hydrogens is 370 g/mol. The topological polar surface area (TPSA) is 22.9 Å². The number of hydrogen-bond donors (Lipinski definition) is 1. The molecule has 1 saturated heterocycles. The molecule has 0 bridgehead atoms. The highest BCUT2D eigenvalue weighted by atomic mass is 16.5. The van der Waals surface area contributed by atoms with E-state index < -0.39 is 0 Å². The van der Waals surface area contributed by atoms with Crippen LogP contribution in [0.15, 0.2) is 54.6 Å². The van der Waals surface area contributed by atoms with Gasteiger partial charge in [0.05, 0.1) is 25.3 Å². The van der Waals surface area contributed by atoms with Crippen molar-refractivity contribution in [2.75, 3.05) is 20.3 Å². The first-order chi connectivity index (χ1) is 14.3. The van der Waals surface area contributed by atoms with Crippen LogP contribution in [0.25, 0.3) is 0 Å². The van der Waals surface area contributed by atoms with Gasteiger partial charge in [-0.05, 0) is 82.2 Å². The second-order valence-electron chi connectivity index (χ2n) is 10.0. The van der Waals surface area contributed by atoms with Crippen LogP contribution in [0.1, 0.15) is 58.1 Å². The van der Waals surface area contributed by atoms with Crippen LogP contribution >= 0.6 is 0 Å². The van der Waals surface area contributed by atoms with Crippen molar-refractivity contribution in [2.45, 2.75) is 71.6 Å². The van der Waals surface area contributed by atoms with Crippen molar-refractivity contribution in [3.63, 3.8) is 0 Å². The smallest absolute Gasteiger partial charge is 0.118 e. The second-order valence-corrected chi connectivity index (χ2v) is 10.0. The van der Waals surface area contributed by atoms with Gasteiger partial charge in [-0.2, -0.15) is 0 Å². The molecule has 0 radical (unpaired) electrons. The summed E-state index contributed by atoms with van der Waals surface area (Å²) in [7, 11) is 1.72. The van der Waals surface area contributed by atoms with E-state index in [0.29, 0.717) is 11.5 Å². The third kappa shape index (κ3) is 6.33. The van der Waals surface area contributed by atoms with Crippen LogP contribution in [0, 0.1) is 5.41 Å². The number of methoxy groups -OCH3 is 1. The minimum atomic E-state index is -0.0407. The Morgan fingerprint density at radius 2 is 1.70 bits per heavy atom. The predicted octanol–water partition coefficient (Wildman–Crippen LogP) is 4.70. The summed E-state index contributed by atoms with van der Waals surface area (Å²) >= 11 is 0. The monoisotopic (exact) mass is 410 g/mol. The van der Waals surface area contributed by atoms with Crippen LogP contribution in [0.3, 0.4) is 0 Å². The maximum atomic E-state index is 6.11. The van der Waals surface area contributed by atoms with Crippen LogP contribution in [-0.2, 0) is 17.7 Å². The van der Waals surface area contributed by atoms with E-state index in [9.17, 15) is 0 Å². The molecule has 0 aromatic heterocycles. The molecule has 1 unspecified atom stereocenters. The fourth-order valence-corrected chi connectivity index (χ4v) is 5.08. The molecule has 3 rings (SSSR count). The van der Waals surface area contributed by atoms with Gasteiger partial charge >= 0.3 is 0 Å². The van der Waals surface area contributed by atoms with Crippen LogP contribution in [0.2, 0.25) is 0 Å². The van der Waals surface area contributed by atoms with E-state index in [1.54, 1.807) is 12.0 Å². The lowest BCUT2D eigenvalue weighted by molar-refractivity contribution is -0.935. The Kier molecular flexibility index (Phi) is 7.60. The lowest BCUT2D eigenvalue weighted by Gasteiger charge is -2.45. The third-order valence-electron chi connectivity index (χ3n) is 6.73. The SMILES string of the molecule is COc1ccc(C[NH+](CC[C@]2(Cc3ccccc3)CCOC(C)(C)C2)C(C)C)cc1. The van der Waals surface area contributed by atoms with Gasteiger partial charge in [0, 0.05) is 18.6 Å². The molecule has 3 heteroatoms. The van der Waals surface area contributed by atoms with Gasteiger partial charge in [-0.1, -0.05) is 30.3 Å². The van der Waals surface area contributed by atoms with E-state index in [1.165, 1.54) is 24.1 Å². The van der Waals surface area contributed by atoms with Crippen LogP contribution in [0.5, 0.6) is 5.75 Å². The standard InChI is InChI=1S/C27H39NO2/c1-22(2)28(20-24-11-13-25(29-5)14-12-24)17-15-27(16-18-30-26(3,4)21-27)19-23-9-7-6-8-10-23/h6-14,22H,15-21H2,1-5H3/p+1/t27-/m1/s1. The normalized spacial score (nSPS) is 22.1. The summed E-state index contributed by atoms with van der Waals surface area (Å²) in [6.45, 7) is 12.3. The molecule has 1 aliphatic heterocycles. The molecule has 2 atom stereocenters. The first-order valence-electron chi connectivity index (χ1n) is 11.5. The molecular formula is C27H40NO2+. The number of benzene rings is 2. The largest absolute Gasteiger partial charge is 0.497 e. The molecule has 3 nitrogen and oxygen atoms in total. The molecule has 1 aliphatic rings. The number of quaternary nitrogens is 1. The Morgan fingerprint density at radius 1 is 1.00 bits per heavy atom. The maximum absolute atomic E-state index is 6.11. The average Bonchev–Trinajstić information content (AvgIpc) is 2.71. The van der Waals surface area contributed by atoms with E-state index in [0.717, 1.165) is 38.2 Å². The first kappa shape index (κ1) is 22.8. The van der Waals surface area contributed by atoms with Crippen molar-refractivity contribution in [1.29, 1.82) is 0 Å². The zero-order valence-corrected chi connectivity index (χ0v) is 19.5. The van der Waals surface area contributed by atoms with Gasteiger partial charge in [0.1, 0.15) is 12.3 Å². The average molecular weight is 411 g/mol. The van der Waals surface area contributed by atoms with Gasteiger partial charge < -0.3 is 14.4 Å². The summed E-state index contributed by atoms with van der Waals surface area (Å²) in [5.41, 5.74) is 3.10. The number of hydrogen-bond acceptors (Lipinski definition) is 2. The zero-order chi connectivity index (χ0) is 21.6. The molecule has 2 aromatic rings. The summed E-state index contributed by atoms with van der Waals surface area (Å²) in [6, 6.07) is 20.2. The van der Waals surface area contributed by atoms with E-state index in [4.69, 9.17) is 9.47 Å². The Balaban J connectivity index is 1.73. The van der Waals surface area contributed by atoms with Crippen molar-refractivity contribution in [3.05, 3.63) is 65.7 Å². The molecule has 164 valence electrons. The fraction of sp³-hybridized carbons (Fsp3) is 0.556. The van der Waals surface area contributed by atoms with E-state index in [1.807, 2.05) is 0 Å². The molecule has 1 N–H and O–H groups in total. The summed E-state index contributed by atoms with van der Waals surface area (Å²) in [5.74, 6) is 0.927. The summed E-state index contributed by atoms with van der Waals surface area (Å²) < 4.78 is 11.4. The van der Waals surface area contributed by atoms with Crippen molar-refractivity contribution in [3.8, 4) is 5.75 Å². The van der Waals surface area contributed by atoms with E-state index >= 15 is 0 Å². The van der Waals surface area contributed by atoms with Crippen molar-refractivity contribution >= 4 is 0 Å². The molecule has 2 aromatic carbocycles. The Labute approximate surface area is 183 Å². The van der Waals surface area contributed by atoms with Crippen molar-refractivity contribution in [2.24, 2.45) is 5.41 Å². The Morgan fingerprint density at radius 3 is 2.30 bits per heavy atom. The van der Waals surface area contributed by atoms with Gasteiger partial charge in [0.2, 0.25) is 0 Å². The van der Waals surface area contributed by atoms with Crippen molar-refractivity contribution < 1.29 is 14.4 Å². The second kappa shape index (κ2) is 9.98. The Hall–Kier alpha value is -1.84. The Bertz CT molecular complexity index is 769. The van der Waals surface area contributed by atoms with Crippen molar-refractivity contribution in [1.82, 2.24) is 0 Å². The molecule has 1 fully saturated rings. The highest BCUT2D eigenvalue weighted by molar-refractivity contribution is 5.26. The lowest BCUT2D eigenvalue weighted by atomic mass is 9.68. The number of rotatable bonds is 9. The lowest BCUT2D eigenvalue weighted by Crippen LogP contribution is -3.13. The third-order valence-corrected chi connectivity index (χ3v) is 6.73. The van der Waals surface area contributed by atoms with Crippen LogP contribution in [-0.4, -0.2) is 31.9 Å². The minimum Gasteiger partial charge on any atom is -0.497 e. The molecule has 1 heterocycles. The fourth-order valence-electron chi connectivity index (χ4n) is 5.08. The quantitative estimate of drug-likeness (QED) is 0.648. The highest BCUT2D eigenvalue weighted by Crippen LogP contribution is 2.43. The molecule has 30 heavy (non-hydrogen) atoms. The molecule has 0 amide bonds. The van der Waals surface area contributed by atoms with Gasteiger partial charge in [-0.25, -0.2) is 0 Å².